The molecular formula is C11H24N+. The molecule has 0 radical (unpaired) electrons. The highest BCUT2D eigenvalue weighted by molar-refractivity contribution is 4.74. The second-order valence-corrected chi connectivity index (χ2v) is 5.45. The zero-order valence-electron chi connectivity index (χ0n) is 9.11. The summed E-state index contributed by atoms with van der Waals surface area (Å²) in [6, 6.07) is 0. The summed E-state index contributed by atoms with van der Waals surface area (Å²) in [5.74, 6) is 0.954. The van der Waals surface area contributed by atoms with E-state index in [1.165, 1.54) is 32.4 Å². The summed E-state index contributed by atoms with van der Waals surface area (Å²) in [7, 11) is 2.32. The van der Waals surface area contributed by atoms with Gasteiger partial charge in [-0.3, -0.25) is 0 Å². The van der Waals surface area contributed by atoms with Crippen LogP contribution in [0.5, 0.6) is 0 Å². The Labute approximate surface area is 77.1 Å². The van der Waals surface area contributed by atoms with Crippen LogP contribution in [-0.2, 0) is 0 Å². The van der Waals surface area contributed by atoms with Crippen molar-refractivity contribution in [3.8, 4) is 0 Å². The molecule has 0 aromatic carbocycles. The predicted octanol–water partition coefficient (Wildman–Crippen LogP) is 1.35. The Morgan fingerprint density at radius 2 is 1.75 bits per heavy atom. The molecule has 0 saturated carbocycles. The zero-order chi connectivity index (χ0) is 9.19. The summed E-state index contributed by atoms with van der Waals surface area (Å²) in [5.41, 5.74) is 0.532. The fourth-order valence-corrected chi connectivity index (χ4v) is 2.21. The van der Waals surface area contributed by atoms with Crippen molar-refractivity contribution in [2.45, 2.75) is 40.0 Å². The van der Waals surface area contributed by atoms with E-state index in [4.69, 9.17) is 0 Å². The third kappa shape index (κ3) is 2.78. The fraction of sp³-hybridized carbons (Fsp3) is 1.00. The second-order valence-electron chi connectivity index (χ2n) is 5.45. The van der Waals surface area contributed by atoms with Crippen LogP contribution in [0.3, 0.4) is 0 Å². The van der Waals surface area contributed by atoms with Crippen LogP contribution in [0.15, 0.2) is 0 Å². The average Bonchev–Trinajstić information content (AvgIpc) is 2.11. The molecule has 0 spiro atoms. The van der Waals surface area contributed by atoms with Crippen LogP contribution < -0.4 is 4.90 Å². The number of nitrogens with one attached hydrogen (secondary N) is 1. The predicted molar refractivity (Wildman–Crippen MR) is 53.4 cm³/mol. The molecule has 1 aliphatic heterocycles. The van der Waals surface area contributed by atoms with Gasteiger partial charge in [0.15, 0.2) is 0 Å². The highest BCUT2D eigenvalue weighted by atomic mass is 15.1. The van der Waals surface area contributed by atoms with E-state index < -0.39 is 0 Å². The first kappa shape index (κ1) is 10.0. The summed E-state index contributed by atoms with van der Waals surface area (Å²) in [6.07, 6.45) is 4.30. The lowest BCUT2D eigenvalue weighted by Crippen LogP contribution is -3.08. The minimum Gasteiger partial charge on any atom is -0.337 e. The SMILES string of the molecule is C[NH+]1CCCC(C(C)(C)C)CC1. The highest BCUT2D eigenvalue weighted by Crippen LogP contribution is 2.32. The Kier molecular flexibility index (Phi) is 3.16. The van der Waals surface area contributed by atoms with Gasteiger partial charge in [-0.25, -0.2) is 0 Å². The largest absolute Gasteiger partial charge is 0.337 e. The van der Waals surface area contributed by atoms with E-state index in [-0.39, 0.29) is 0 Å². The van der Waals surface area contributed by atoms with Gasteiger partial charge in [0.05, 0.1) is 20.1 Å². The molecule has 72 valence electrons. The lowest BCUT2D eigenvalue weighted by molar-refractivity contribution is -0.878. The minimum absolute atomic E-state index is 0.532. The monoisotopic (exact) mass is 170 g/mol. The van der Waals surface area contributed by atoms with E-state index in [1.807, 2.05) is 0 Å². The van der Waals surface area contributed by atoms with Gasteiger partial charge in [0.1, 0.15) is 0 Å². The molecule has 12 heavy (non-hydrogen) atoms. The molecule has 0 amide bonds. The summed E-state index contributed by atoms with van der Waals surface area (Å²) >= 11 is 0. The topological polar surface area (TPSA) is 4.44 Å². The maximum atomic E-state index is 2.39. The van der Waals surface area contributed by atoms with Crippen molar-refractivity contribution in [1.29, 1.82) is 0 Å². The standard InChI is InChI=1S/C11H23N/c1-11(2,3)10-6-5-8-12(4)9-7-10/h10H,5-9H2,1-4H3/p+1. The summed E-state index contributed by atoms with van der Waals surface area (Å²) in [6.45, 7) is 9.92. The fourth-order valence-electron chi connectivity index (χ4n) is 2.21. The molecule has 1 aliphatic rings. The zero-order valence-corrected chi connectivity index (χ0v) is 9.11. The molecule has 1 heterocycles. The van der Waals surface area contributed by atoms with Crippen LogP contribution in [0.4, 0.5) is 0 Å². The van der Waals surface area contributed by atoms with Gasteiger partial charge < -0.3 is 4.90 Å². The molecule has 0 aromatic heterocycles. The molecule has 1 N–H and O–H groups in total. The Morgan fingerprint density at radius 3 is 2.33 bits per heavy atom. The van der Waals surface area contributed by atoms with Gasteiger partial charge in [-0.05, 0) is 30.6 Å². The van der Waals surface area contributed by atoms with Gasteiger partial charge in [-0.1, -0.05) is 20.8 Å². The number of hydrogen-bond donors (Lipinski definition) is 1. The third-order valence-corrected chi connectivity index (χ3v) is 3.30. The van der Waals surface area contributed by atoms with Crippen molar-refractivity contribution in [3.63, 3.8) is 0 Å². The average molecular weight is 170 g/mol. The maximum Gasteiger partial charge on any atom is 0.0771 e. The van der Waals surface area contributed by atoms with E-state index in [1.54, 1.807) is 4.90 Å². The first-order chi connectivity index (χ1) is 5.50. The molecule has 0 bridgehead atoms. The van der Waals surface area contributed by atoms with E-state index in [2.05, 4.69) is 27.8 Å². The molecule has 1 rings (SSSR count). The Bertz CT molecular complexity index is 134. The van der Waals surface area contributed by atoms with Crippen molar-refractivity contribution < 1.29 is 4.90 Å². The van der Waals surface area contributed by atoms with Crippen LogP contribution in [0, 0.1) is 11.3 Å². The van der Waals surface area contributed by atoms with E-state index in [9.17, 15) is 0 Å². The number of rotatable bonds is 0. The van der Waals surface area contributed by atoms with Gasteiger partial charge in [-0.15, -0.1) is 0 Å². The normalized spacial score (nSPS) is 33.0. The molecule has 0 aliphatic carbocycles. The molecule has 2 atom stereocenters. The van der Waals surface area contributed by atoms with Gasteiger partial charge in [-0.2, -0.15) is 0 Å². The first-order valence-electron chi connectivity index (χ1n) is 5.31. The number of quaternary nitrogens is 1. The van der Waals surface area contributed by atoms with Crippen LogP contribution in [0.2, 0.25) is 0 Å². The molecule has 1 saturated heterocycles. The van der Waals surface area contributed by atoms with Crippen molar-refractivity contribution >= 4 is 0 Å². The Hall–Kier alpha value is -0.0400. The quantitative estimate of drug-likeness (QED) is 0.560. The third-order valence-electron chi connectivity index (χ3n) is 3.30. The minimum atomic E-state index is 0.532. The lowest BCUT2D eigenvalue weighted by atomic mass is 9.77. The van der Waals surface area contributed by atoms with Gasteiger partial charge >= 0.3 is 0 Å². The van der Waals surface area contributed by atoms with E-state index >= 15 is 0 Å². The van der Waals surface area contributed by atoms with Crippen LogP contribution in [0.1, 0.15) is 40.0 Å². The van der Waals surface area contributed by atoms with Crippen LogP contribution in [-0.4, -0.2) is 20.1 Å². The molecule has 0 aromatic rings. The molecule has 1 fully saturated rings. The van der Waals surface area contributed by atoms with Crippen molar-refractivity contribution in [2.24, 2.45) is 11.3 Å². The van der Waals surface area contributed by atoms with E-state index in [0.717, 1.165) is 5.92 Å². The summed E-state index contributed by atoms with van der Waals surface area (Å²) in [5, 5.41) is 0. The number of hydrogen-bond acceptors (Lipinski definition) is 0. The molecule has 2 unspecified atom stereocenters. The summed E-state index contributed by atoms with van der Waals surface area (Å²) < 4.78 is 0. The molecule has 1 nitrogen and oxygen atoms in total. The van der Waals surface area contributed by atoms with Gasteiger partial charge in [0.2, 0.25) is 0 Å². The molecule has 1 heteroatoms. The van der Waals surface area contributed by atoms with Crippen molar-refractivity contribution in [2.75, 3.05) is 20.1 Å². The first-order valence-corrected chi connectivity index (χ1v) is 5.31. The van der Waals surface area contributed by atoms with E-state index in [0.29, 0.717) is 5.41 Å². The molecular weight excluding hydrogens is 146 g/mol. The maximum absolute atomic E-state index is 2.39. The Balaban J connectivity index is 2.46. The van der Waals surface area contributed by atoms with Gasteiger partial charge in [0, 0.05) is 0 Å². The summed E-state index contributed by atoms with van der Waals surface area (Å²) in [4.78, 5) is 1.72. The van der Waals surface area contributed by atoms with Crippen molar-refractivity contribution in [1.82, 2.24) is 0 Å². The highest BCUT2D eigenvalue weighted by Gasteiger charge is 2.27. The second kappa shape index (κ2) is 3.78. The van der Waals surface area contributed by atoms with Crippen LogP contribution >= 0.6 is 0 Å². The number of likely N-dealkylation sites (tertiary alicyclic amines) is 1. The van der Waals surface area contributed by atoms with Crippen molar-refractivity contribution in [3.05, 3.63) is 0 Å². The smallest absolute Gasteiger partial charge is 0.0771 e. The van der Waals surface area contributed by atoms with Crippen LogP contribution in [0.25, 0.3) is 0 Å². The van der Waals surface area contributed by atoms with Gasteiger partial charge in [0.25, 0.3) is 0 Å². The Morgan fingerprint density at radius 1 is 1.08 bits per heavy atom. The lowest BCUT2D eigenvalue weighted by Gasteiger charge is -2.28.